The lowest BCUT2D eigenvalue weighted by molar-refractivity contribution is 0.0597. The van der Waals surface area contributed by atoms with Crippen molar-refractivity contribution in [3.63, 3.8) is 0 Å². The molecule has 10 heteroatoms. The topological polar surface area (TPSA) is 79.1 Å². The van der Waals surface area contributed by atoms with Crippen LogP contribution in [0.2, 0.25) is 0 Å². The Kier molecular flexibility index (Phi) is 6.07. The van der Waals surface area contributed by atoms with Crippen LogP contribution in [0.5, 0.6) is 0 Å². The number of halogens is 1. The zero-order chi connectivity index (χ0) is 21.1. The predicted octanol–water partition coefficient (Wildman–Crippen LogP) is 1.94. The van der Waals surface area contributed by atoms with Crippen LogP contribution in [-0.4, -0.2) is 75.3 Å². The molecule has 1 aromatic carbocycles. The molecule has 8 nitrogen and oxygen atoms in total. The number of morpholine rings is 1. The van der Waals surface area contributed by atoms with Crippen LogP contribution in [-0.2, 0) is 14.8 Å². The van der Waals surface area contributed by atoms with Gasteiger partial charge in [0.2, 0.25) is 10.0 Å². The van der Waals surface area contributed by atoms with Gasteiger partial charge in [-0.05, 0) is 19.1 Å². The molecule has 1 aromatic heterocycles. The Hall–Kier alpha value is -2.43. The van der Waals surface area contributed by atoms with Gasteiger partial charge in [0, 0.05) is 51.5 Å². The number of rotatable bonds is 5. The van der Waals surface area contributed by atoms with Gasteiger partial charge in [0.1, 0.15) is 11.5 Å². The molecule has 2 aromatic rings. The quantitative estimate of drug-likeness (QED) is 0.709. The van der Waals surface area contributed by atoms with E-state index in [1.54, 1.807) is 31.2 Å². The molecule has 0 amide bonds. The Bertz CT molecular complexity index is 1010. The third kappa shape index (κ3) is 4.21. The molecule has 2 saturated heterocycles. The van der Waals surface area contributed by atoms with Crippen LogP contribution in [0.25, 0.3) is 6.08 Å². The maximum Gasteiger partial charge on any atom is 0.248 e. The first kappa shape index (κ1) is 20.8. The second kappa shape index (κ2) is 8.75. The number of benzene rings is 1. The summed E-state index contributed by atoms with van der Waals surface area (Å²) in [5.74, 6) is -0.0882. The first-order valence-corrected chi connectivity index (χ1v) is 11.4. The summed E-state index contributed by atoms with van der Waals surface area (Å²) in [6, 6.07) is 6.53. The Morgan fingerprint density at radius 1 is 1.07 bits per heavy atom. The van der Waals surface area contributed by atoms with Gasteiger partial charge in [-0.3, -0.25) is 0 Å². The Morgan fingerprint density at radius 2 is 1.77 bits per heavy atom. The van der Waals surface area contributed by atoms with Crippen molar-refractivity contribution in [2.24, 2.45) is 0 Å². The molecule has 0 spiro atoms. The molecule has 2 aliphatic rings. The molecular formula is C20H25FN4O4S. The van der Waals surface area contributed by atoms with E-state index in [1.807, 2.05) is 16.0 Å². The average molecular weight is 437 g/mol. The summed E-state index contributed by atoms with van der Waals surface area (Å²) in [4.78, 5) is 4.00. The number of aryl methyl sites for hydroxylation is 1. The standard InChI is InChI=1S/C20H25FN4O4S/c1-16-20(19(29-22-16)6-7-23-12-14-28-15-13-23)30(26,27)25-10-8-24(9-11-25)18-5-3-2-4-17(18)21/h2-7H,8-15H2,1H3/b7-6+. The minimum absolute atomic E-state index is 0.0892. The SMILES string of the molecule is Cc1noc(/C=C/N2CCOCC2)c1S(=O)(=O)N1CCN(c2ccccc2F)CC1. The zero-order valence-electron chi connectivity index (χ0n) is 16.8. The number of sulfonamides is 1. The molecule has 0 N–H and O–H groups in total. The van der Waals surface area contributed by atoms with E-state index in [0.717, 1.165) is 13.1 Å². The molecule has 2 fully saturated rings. The minimum atomic E-state index is -3.79. The number of para-hydroxylation sites is 1. The monoisotopic (exact) mass is 436 g/mol. The van der Waals surface area contributed by atoms with Crippen molar-refractivity contribution < 1.29 is 22.1 Å². The van der Waals surface area contributed by atoms with Crippen LogP contribution >= 0.6 is 0 Å². The molecule has 0 radical (unpaired) electrons. The van der Waals surface area contributed by atoms with Crippen molar-refractivity contribution >= 4 is 21.8 Å². The lowest BCUT2D eigenvalue weighted by atomic mass is 10.2. The second-order valence-electron chi connectivity index (χ2n) is 7.27. The Balaban J connectivity index is 1.50. The molecule has 0 aliphatic carbocycles. The Morgan fingerprint density at radius 3 is 2.47 bits per heavy atom. The van der Waals surface area contributed by atoms with Gasteiger partial charge in [0.25, 0.3) is 0 Å². The molecule has 30 heavy (non-hydrogen) atoms. The third-order valence-electron chi connectivity index (χ3n) is 5.35. The van der Waals surface area contributed by atoms with Crippen molar-refractivity contribution in [3.8, 4) is 0 Å². The van der Waals surface area contributed by atoms with E-state index in [-0.39, 0.29) is 29.6 Å². The number of hydrogen-bond donors (Lipinski definition) is 0. The fraction of sp³-hybridized carbons (Fsp3) is 0.450. The normalized spacial score (nSPS) is 19.0. The zero-order valence-corrected chi connectivity index (χ0v) is 17.6. The summed E-state index contributed by atoms with van der Waals surface area (Å²) in [6.07, 6.45) is 3.46. The maximum atomic E-state index is 14.1. The van der Waals surface area contributed by atoms with Crippen molar-refractivity contribution in [1.29, 1.82) is 0 Å². The number of nitrogens with zero attached hydrogens (tertiary/aromatic N) is 4. The summed E-state index contributed by atoms with van der Waals surface area (Å²) in [5, 5.41) is 3.88. The summed E-state index contributed by atoms with van der Waals surface area (Å²) < 4.78 is 52.7. The molecule has 3 heterocycles. The summed E-state index contributed by atoms with van der Waals surface area (Å²) >= 11 is 0. The first-order chi connectivity index (χ1) is 14.5. The van der Waals surface area contributed by atoms with Crippen LogP contribution in [0.1, 0.15) is 11.5 Å². The average Bonchev–Trinajstić information content (AvgIpc) is 3.15. The van der Waals surface area contributed by atoms with Gasteiger partial charge in [-0.1, -0.05) is 17.3 Å². The lowest BCUT2D eigenvalue weighted by Gasteiger charge is -2.35. The molecule has 0 unspecified atom stereocenters. The van der Waals surface area contributed by atoms with Gasteiger partial charge in [-0.15, -0.1) is 0 Å². The van der Waals surface area contributed by atoms with Crippen LogP contribution in [0.3, 0.4) is 0 Å². The second-order valence-corrected chi connectivity index (χ2v) is 9.14. The fourth-order valence-corrected chi connectivity index (χ4v) is 5.38. The Labute approximate surface area is 175 Å². The number of piperazine rings is 1. The van der Waals surface area contributed by atoms with Crippen molar-refractivity contribution in [2.45, 2.75) is 11.8 Å². The van der Waals surface area contributed by atoms with E-state index in [0.29, 0.717) is 37.7 Å². The van der Waals surface area contributed by atoms with E-state index >= 15 is 0 Å². The highest BCUT2D eigenvalue weighted by Gasteiger charge is 2.34. The molecule has 162 valence electrons. The van der Waals surface area contributed by atoms with Crippen molar-refractivity contribution in [3.05, 3.63) is 47.7 Å². The molecular weight excluding hydrogens is 411 g/mol. The number of anilines is 1. The molecule has 4 rings (SSSR count). The van der Waals surface area contributed by atoms with Gasteiger partial charge in [-0.25, -0.2) is 12.8 Å². The smallest absolute Gasteiger partial charge is 0.248 e. The van der Waals surface area contributed by atoms with Crippen molar-refractivity contribution in [1.82, 2.24) is 14.4 Å². The number of hydrogen-bond acceptors (Lipinski definition) is 7. The van der Waals surface area contributed by atoms with Crippen LogP contribution in [0, 0.1) is 12.7 Å². The number of aromatic nitrogens is 1. The van der Waals surface area contributed by atoms with Crippen LogP contribution in [0.4, 0.5) is 10.1 Å². The fourth-order valence-electron chi connectivity index (χ4n) is 3.71. The molecule has 2 aliphatic heterocycles. The van der Waals surface area contributed by atoms with E-state index in [2.05, 4.69) is 5.16 Å². The maximum absolute atomic E-state index is 14.1. The highest BCUT2D eigenvalue weighted by Crippen LogP contribution is 2.27. The summed E-state index contributed by atoms with van der Waals surface area (Å²) in [6.45, 7) is 5.70. The highest BCUT2D eigenvalue weighted by molar-refractivity contribution is 7.89. The van der Waals surface area contributed by atoms with Gasteiger partial charge < -0.3 is 19.1 Å². The first-order valence-electron chi connectivity index (χ1n) is 9.93. The van der Waals surface area contributed by atoms with Crippen LogP contribution in [0.15, 0.2) is 39.9 Å². The number of ether oxygens (including phenoxy) is 1. The van der Waals surface area contributed by atoms with Gasteiger partial charge in [-0.2, -0.15) is 4.31 Å². The molecule has 0 bridgehead atoms. The highest BCUT2D eigenvalue weighted by atomic mass is 32.2. The molecule has 0 atom stereocenters. The van der Waals surface area contributed by atoms with E-state index in [4.69, 9.17) is 9.26 Å². The summed E-state index contributed by atoms with van der Waals surface area (Å²) in [5.41, 5.74) is 0.818. The van der Waals surface area contributed by atoms with E-state index < -0.39 is 10.0 Å². The van der Waals surface area contributed by atoms with E-state index in [1.165, 1.54) is 10.4 Å². The van der Waals surface area contributed by atoms with Crippen LogP contribution < -0.4 is 4.90 Å². The molecule has 0 saturated carbocycles. The van der Waals surface area contributed by atoms with Gasteiger partial charge in [0.05, 0.1) is 18.9 Å². The largest absolute Gasteiger partial charge is 0.378 e. The minimum Gasteiger partial charge on any atom is -0.378 e. The summed E-state index contributed by atoms with van der Waals surface area (Å²) in [7, 11) is -3.79. The third-order valence-corrected chi connectivity index (χ3v) is 7.40. The lowest BCUT2D eigenvalue weighted by Crippen LogP contribution is -2.49. The van der Waals surface area contributed by atoms with Crippen molar-refractivity contribution in [2.75, 3.05) is 57.4 Å². The van der Waals surface area contributed by atoms with E-state index in [9.17, 15) is 12.8 Å². The van der Waals surface area contributed by atoms with Gasteiger partial charge in [0.15, 0.2) is 10.7 Å². The van der Waals surface area contributed by atoms with Gasteiger partial charge >= 0.3 is 0 Å². The predicted molar refractivity (Wildman–Crippen MR) is 110 cm³/mol.